The second-order valence-corrected chi connectivity index (χ2v) is 3.83. The first kappa shape index (κ1) is 14.9. The van der Waals surface area contributed by atoms with Gasteiger partial charge in [0, 0.05) is 0 Å². The van der Waals surface area contributed by atoms with Gasteiger partial charge in [0.2, 0.25) is 0 Å². The summed E-state index contributed by atoms with van der Waals surface area (Å²) in [7, 11) is 0. The third kappa shape index (κ3) is 14.3. The van der Waals surface area contributed by atoms with Gasteiger partial charge in [-0.1, -0.05) is 32.9 Å². The van der Waals surface area contributed by atoms with E-state index in [2.05, 4.69) is 27.0 Å². The van der Waals surface area contributed by atoms with Crippen molar-refractivity contribution >= 4 is 0 Å². The molecule has 0 aliphatic carbocycles. The van der Waals surface area contributed by atoms with Crippen LogP contribution in [0.2, 0.25) is 0 Å². The molecule has 0 aliphatic heterocycles. The second kappa shape index (κ2) is 8.06. The summed E-state index contributed by atoms with van der Waals surface area (Å²) in [6, 6.07) is 0. The van der Waals surface area contributed by atoms with Gasteiger partial charge in [-0.05, 0) is 25.7 Å². The molecule has 0 amide bonds. The monoisotopic (exact) mass is 184 g/mol. The normalized spacial score (nSPS) is 14.0. The lowest BCUT2D eigenvalue weighted by Gasteiger charge is -2.13. The third-order valence-electron chi connectivity index (χ3n) is 1.79. The Morgan fingerprint density at radius 1 is 1.38 bits per heavy atom. The van der Waals surface area contributed by atoms with Crippen molar-refractivity contribution < 1.29 is 5.11 Å². The van der Waals surface area contributed by atoms with Gasteiger partial charge in [-0.3, -0.25) is 0 Å². The molecule has 1 heteroatoms. The molecule has 0 saturated carbocycles. The maximum atomic E-state index is 9.01. The molecule has 1 N–H and O–H groups in total. The predicted molar refractivity (Wildman–Crippen MR) is 60.8 cm³/mol. The Bertz CT molecular complexity index is 134. The zero-order valence-electron chi connectivity index (χ0n) is 9.51. The van der Waals surface area contributed by atoms with E-state index in [4.69, 9.17) is 5.11 Å². The second-order valence-electron chi connectivity index (χ2n) is 3.83. The number of aliphatic hydroxyl groups is 1. The predicted octanol–water partition coefficient (Wildman–Crippen LogP) is 3.55. The van der Waals surface area contributed by atoms with E-state index in [1.807, 2.05) is 13.0 Å². The fourth-order valence-corrected chi connectivity index (χ4v) is 0.478. The van der Waals surface area contributed by atoms with E-state index in [-0.39, 0.29) is 0 Å². The number of allylic oxidation sites excluding steroid dienone is 1. The van der Waals surface area contributed by atoms with Gasteiger partial charge >= 0.3 is 0 Å². The zero-order valence-corrected chi connectivity index (χ0v) is 9.51. The Balaban J connectivity index is 0. The fourth-order valence-electron chi connectivity index (χ4n) is 0.478. The summed E-state index contributed by atoms with van der Waals surface area (Å²) < 4.78 is 0. The van der Waals surface area contributed by atoms with Gasteiger partial charge < -0.3 is 5.11 Å². The minimum atomic E-state index is -0.653. The van der Waals surface area contributed by atoms with Gasteiger partial charge in [0.15, 0.2) is 0 Å². The molecular weight excluding hydrogens is 160 g/mol. The molecule has 0 saturated heterocycles. The Morgan fingerprint density at radius 2 is 1.85 bits per heavy atom. The molecule has 0 spiro atoms. The van der Waals surface area contributed by atoms with Gasteiger partial charge in [0.05, 0.1) is 5.60 Å². The first-order valence-electron chi connectivity index (χ1n) is 4.86. The molecule has 1 nitrogen and oxygen atoms in total. The minimum absolute atomic E-state index is 0.653. The summed E-state index contributed by atoms with van der Waals surface area (Å²) in [6.45, 7) is 15.1. The molecule has 0 radical (unpaired) electrons. The highest BCUT2D eigenvalue weighted by atomic mass is 16.3. The van der Waals surface area contributed by atoms with Crippen molar-refractivity contribution in [2.45, 2.75) is 46.1 Å². The lowest BCUT2D eigenvalue weighted by Crippen LogP contribution is -2.17. The highest BCUT2D eigenvalue weighted by Crippen LogP contribution is 2.07. The molecule has 0 rings (SSSR count). The van der Waals surface area contributed by atoms with Crippen molar-refractivity contribution in [2.24, 2.45) is 5.92 Å². The Kier molecular flexibility index (Phi) is 9.26. The van der Waals surface area contributed by atoms with Gasteiger partial charge in [-0.15, -0.1) is 13.2 Å². The summed E-state index contributed by atoms with van der Waals surface area (Å²) in [5.41, 5.74) is -0.653. The number of rotatable bonds is 4. The smallest absolute Gasteiger partial charge is 0.0794 e. The van der Waals surface area contributed by atoms with Crippen molar-refractivity contribution in [3.05, 3.63) is 25.3 Å². The quantitative estimate of drug-likeness (QED) is 0.662. The highest BCUT2D eigenvalue weighted by Gasteiger charge is 2.09. The molecular formula is C12H24O. The summed E-state index contributed by atoms with van der Waals surface area (Å²) in [4.78, 5) is 0. The number of hydrogen-bond donors (Lipinski definition) is 1. The minimum Gasteiger partial charge on any atom is -0.386 e. The van der Waals surface area contributed by atoms with E-state index in [1.165, 1.54) is 0 Å². The molecule has 13 heavy (non-hydrogen) atoms. The largest absolute Gasteiger partial charge is 0.386 e. The van der Waals surface area contributed by atoms with E-state index in [0.29, 0.717) is 0 Å². The van der Waals surface area contributed by atoms with Crippen molar-refractivity contribution in [1.82, 2.24) is 0 Å². The SMILES string of the molecule is C=CC(C)(O)CC.C=CCC(C)C. The van der Waals surface area contributed by atoms with Gasteiger partial charge in [0.25, 0.3) is 0 Å². The molecule has 78 valence electrons. The van der Waals surface area contributed by atoms with E-state index >= 15 is 0 Å². The molecule has 0 aromatic carbocycles. The topological polar surface area (TPSA) is 20.2 Å². The van der Waals surface area contributed by atoms with Crippen LogP contribution in [-0.2, 0) is 0 Å². The Hall–Kier alpha value is -0.560. The lowest BCUT2D eigenvalue weighted by molar-refractivity contribution is 0.108. The summed E-state index contributed by atoms with van der Waals surface area (Å²) in [6.07, 6.45) is 5.37. The molecule has 0 aromatic heterocycles. The van der Waals surface area contributed by atoms with Gasteiger partial charge in [0.1, 0.15) is 0 Å². The van der Waals surface area contributed by atoms with Gasteiger partial charge in [-0.2, -0.15) is 0 Å². The molecule has 0 bridgehead atoms. The van der Waals surface area contributed by atoms with Crippen molar-refractivity contribution in [1.29, 1.82) is 0 Å². The van der Waals surface area contributed by atoms with Crippen LogP contribution in [0.4, 0.5) is 0 Å². The van der Waals surface area contributed by atoms with Crippen molar-refractivity contribution in [2.75, 3.05) is 0 Å². The van der Waals surface area contributed by atoms with Crippen LogP contribution in [-0.4, -0.2) is 10.7 Å². The summed E-state index contributed by atoms with van der Waals surface area (Å²) in [5.74, 6) is 0.780. The van der Waals surface area contributed by atoms with Crippen LogP contribution in [0, 0.1) is 5.92 Å². The first-order valence-corrected chi connectivity index (χ1v) is 4.86. The van der Waals surface area contributed by atoms with E-state index < -0.39 is 5.60 Å². The lowest BCUT2D eigenvalue weighted by atomic mass is 10.1. The summed E-state index contributed by atoms with van der Waals surface area (Å²) >= 11 is 0. The van der Waals surface area contributed by atoms with Crippen LogP contribution >= 0.6 is 0 Å². The van der Waals surface area contributed by atoms with Crippen LogP contribution in [0.15, 0.2) is 25.3 Å². The Labute approximate surface area is 83.2 Å². The van der Waals surface area contributed by atoms with E-state index in [0.717, 1.165) is 18.8 Å². The van der Waals surface area contributed by atoms with Crippen LogP contribution in [0.5, 0.6) is 0 Å². The molecule has 0 heterocycles. The standard InChI is InChI=1S/C6H12O.C6H12/c1-4-6(3,7)5-2;1-4-5-6(2)3/h4,7H,1,5H2,2-3H3;4,6H,1,5H2,2-3H3. The van der Waals surface area contributed by atoms with Gasteiger partial charge in [-0.25, -0.2) is 0 Å². The Morgan fingerprint density at radius 3 is 1.85 bits per heavy atom. The highest BCUT2D eigenvalue weighted by molar-refractivity contribution is 4.89. The molecule has 1 unspecified atom stereocenters. The maximum absolute atomic E-state index is 9.01. The van der Waals surface area contributed by atoms with Crippen LogP contribution in [0.3, 0.4) is 0 Å². The van der Waals surface area contributed by atoms with Crippen molar-refractivity contribution in [3.8, 4) is 0 Å². The molecule has 1 atom stereocenters. The molecule has 0 aromatic rings. The first-order chi connectivity index (χ1) is 5.89. The van der Waals surface area contributed by atoms with Crippen LogP contribution < -0.4 is 0 Å². The molecule has 0 aliphatic rings. The van der Waals surface area contributed by atoms with Crippen LogP contribution in [0.1, 0.15) is 40.5 Å². The zero-order chi connectivity index (χ0) is 10.9. The third-order valence-corrected chi connectivity index (χ3v) is 1.79. The van der Waals surface area contributed by atoms with Crippen LogP contribution in [0.25, 0.3) is 0 Å². The summed E-state index contributed by atoms with van der Waals surface area (Å²) in [5, 5.41) is 9.01. The van der Waals surface area contributed by atoms with E-state index in [9.17, 15) is 0 Å². The average molecular weight is 184 g/mol. The maximum Gasteiger partial charge on any atom is 0.0794 e. The average Bonchev–Trinajstić information content (AvgIpc) is 2.05. The van der Waals surface area contributed by atoms with E-state index in [1.54, 1.807) is 13.0 Å². The number of hydrogen-bond acceptors (Lipinski definition) is 1. The molecule has 0 fully saturated rings. The van der Waals surface area contributed by atoms with Crippen molar-refractivity contribution in [3.63, 3.8) is 0 Å². The fraction of sp³-hybridized carbons (Fsp3) is 0.667.